The fourth-order valence-electron chi connectivity index (χ4n) is 3.10. The maximum Gasteiger partial charge on any atom is 0.357 e. The zero-order valence-corrected chi connectivity index (χ0v) is 18.4. The van der Waals surface area contributed by atoms with E-state index in [1.54, 1.807) is 41.4 Å². The predicted octanol–water partition coefficient (Wildman–Crippen LogP) is 4.65. The molecular weight excluding hydrogens is 390 g/mol. The van der Waals surface area contributed by atoms with E-state index >= 15 is 0 Å². The quantitative estimate of drug-likeness (QED) is 0.298. The summed E-state index contributed by atoms with van der Waals surface area (Å²) < 4.78 is 22.5. The molecule has 0 aliphatic carbocycles. The SMILES string of the molecule is CCCCC(=NOOC(=O)CC)c1cc(OC)c2c(OC)ccc(OC)c2c1OC. The maximum absolute atomic E-state index is 11.4. The summed E-state index contributed by atoms with van der Waals surface area (Å²) in [5, 5.41) is 5.47. The molecule has 0 fully saturated rings. The van der Waals surface area contributed by atoms with Crippen LogP contribution in [0.4, 0.5) is 0 Å². The lowest BCUT2D eigenvalue weighted by atomic mass is 9.97. The van der Waals surface area contributed by atoms with Gasteiger partial charge in [-0.25, -0.2) is 9.68 Å². The number of unbranched alkanes of at least 4 members (excludes halogenated alkanes) is 1. The number of carbonyl (C=O) groups is 1. The Bertz CT molecular complexity index is 908. The van der Waals surface area contributed by atoms with Gasteiger partial charge in [0.05, 0.1) is 44.9 Å². The molecule has 0 N–H and O–H groups in total. The van der Waals surface area contributed by atoms with Gasteiger partial charge in [-0.05, 0) is 36.2 Å². The van der Waals surface area contributed by atoms with Gasteiger partial charge in [0.25, 0.3) is 0 Å². The van der Waals surface area contributed by atoms with Gasteiger partial charge in [-0.2, -0.15) is 4.99 Å². The van der Waals surface area contributed by atoms with Crippen molar-refractivity contribution in [1.82, 2.24) is 0 Å². The number of hydrogen-bond acceptors (Lipinski definition) is 8. The van der Waals surface area contributed by atoms with Gasteiger partial charge in [-0.3, -0.25) is 0 Å². The van der Waals surface area contributed by atoms with E-state index in [9.17, 15) is 4.79 Å². The van der Waals surface area contributed by atoms with E-state index in [-0.39, 0.29) is 6.42 Å². The number of fused-ring (bicyclic) bond motifs is 1. The first-order chi connectivity index (χ1) is 14.6. The van der Waals surface area contributed by atoms with Crippen LogP contribution in [0.1, 0.15) is 45.1 Å². The monoisotopic (exact) mass is 419 g/mol. The van der Waals surface area contributed by atoms with Crippen molar-refractivity contribution in [1.29, 1.82) is 0 Å². The van der Waals surface area contributed by atoms with Gasteiger partial charge in [-0.15, -0.1) is 0 Å². The summed E-state index contributed by atoms with van der Waals surface area (Å²) in [6.45, 7) is 3.74. The third kappa shape index (κ3) is 4.87. The highest BCUT2D eigenvalue weighted by Gasteiger charge is 2.23. The molecule has 0 aromatic heterocycles. The highest BCUT2D eigenvalue weighted by Crippen LogP contribution is 2.46. The normalized spacial score (nSPS) is 11.2. The lowest BCUT2D eigenvalue weighted by Gasteiger charge is -2.19. The Morgan fingerprint density at radius 2 is 1.53 bits per heavy atom. The lowest BCUT2D eigenvalue weighted by Crippen LogP contribution is -2.09. The van der Waals surface area contributed by atoms with Gasteiger partial charge in [-0.1, -0.05) is 20.3 Å². The molecule has 0 amide bonds. The molecule has 0 unspecified atom stereocenters. The van der Waals surface area contributed by atoms with Gasteiger partial charge < -0.3 is 18.9 Å². The van der Waals surface area contributed by atoms with Crippen molar-refractivity contribution in [3.63, 3.8) is 0 Å². The Kier molecular flexibility index (Phi) is 8.58. The number of nitrogens with zero attached hydrogens (tertiary/aromatic N) is 1. The molecule has 0 spiro atoms. The van der Waals surface area contributed by atoms with Gasteiger partial charge >= 0.3 is 5.97 Å². The van der Waals surface area contributed by atoms with E-state index in [4.69, 9.17) is 23.9 Å². The van der Waals surface area contributed by atoms with Gasteiger partial charge in [0.1, 0.15) is 23.0 Å². The van der Waals surface area contributed by atoms with Crippen molar-refractivity contribution in [3.05, 3.63) is 23.8 Å². The van der Waals surface area contributed by atoms with Crippen LogP contribution in [-0.4, -0.2) is 40.1 Å². The van der Waals surface area contributed by atoms with Crippen molar-refractivity contribution < 1.29 is 33.6 Å². The minimum Gasteiger partial charge on any atom is -0.496 e. The van der Waals surface area contributed by atoms with Crippen LogP contribution in [0, 0.1) is 0 Å². The number of oxime groups is 1. The van der Waals surface area contributed by atoms with E-state index in [1.165, 1.54) is 0 Å². The summed E-state index contributed by atoms with van der Waals surface area (Å²) in [6, 6.07) is 5.42. The molecule has 8 nitrogen and oxygen atoms in total. The molecule has 0 saturated heterocycles. The lowest BCUT2D eigenvalue weighted by molar-refractivity contribution is -0.272. The Morgan fingerprint density at radius 3 is 2.07 bits per heavy atom. The molecule has 8 heteroatoms. The zero-order chi connectivity index (χ0) is 22.1. The van der Waals surface area contributed by atoms with Gasteiger partial charge in [0.15, 0.2) is 0 Å². The summed E-state index contributed by atoms with van der Waals surface area (Å²) in [5.74, 6) is 1.79. The Labute approximate surface area is 176 Å². The van der Waals surface area contributed by atoms with Crippen LogP contribution < -0.4 is 18.9 Å². The molecule has 30 heavy (non-hydrogen) atoms. The minimum atomic E-state index is -0.511. The zero-order valence-electron chi connectivity index (χ0n) is 18.4. The first-order valence-electron chi connectivity index (χ1n) is 9.79. The topological polar surface area (TPSA) is 84.8 Å². The molecule has 2 aromatic carbocycles. The standard InChI is InChI=1S/C22H29NO7/c1-7-9-10-15(23-30-29-19(24)8-2)14-13-18(27-5)20-16(25-3)11-12-17(26-4)21(20)22(14)28-6/h11-13H,7-10H2,1-6H3. The molecule has 0 radical (unpaired) electrons. The summed E-state index contributed by atoms with van der Waals surface area (Å²) in [7, 11) is 6.32. The second-order valence-electron chi connectivity index (χ2n) is 6.40. The number of methoxy groups -OCH3 is 4. The average Bonchev–Trinajstić information content (AvgIpc) is 2.78. The second-order valence-corrected chi connectivity index (χ2v) is 6.40. The van der Waals surface area contributed by atoms with E-state index in [1.807, 2.05) is 12.1 Å². The van der Waals surface area contributed by atoms with E-state index in [0.29, 0.717) is 51.5 Å². The highest BCUT2D eigenvalue weighted by atomic mass is 17.3. The summed E-state index contributed by atoms with van der Waals surface area (Å²) in [6.07, 6.45) is 2.56. The van der Waals surface area contributed by atoms with Crippen molar-refractivity contribution in [2.24, 2.45) is 5.16 Å². The first-order valence-corrected chi connectivity index (χ1v) is 9.79. The van der Waals surface area contributed by atoms with Gasteiger partial charge in [0.2, 0.25) is 0 Å². The smallest absolute Gasteiger partial charge is 0.357 e. The molecule has 164 valence electrons. The molecule has 2 aromatic rings. The molecule has 0 atom stereocenters. The molecule has 0 bridgehead atoms. The third-order valence-electron chi connectivity index (χ3n) is 4.63. The highest BCUT2D eigenvalue weighted by molar-refractivity contribution is 6.12. The molecule has 2 rings (SSSR count). The van der Waals surface area contributed by atoms with Crippen LogP contribution in [0.25, 0.3) is 10.8 Å². The van der Waals surface area contributed by atoms with Gasteiger partial charge in [0, 0.05) is 12.0 Å². The number of rotatable bonds is 11. The average molecular weight is 419 g/mol. The van der Waals surface area contributed by atoms with E-state index in [2.05, 4.69) is 17.0 Å². The van der Waals surface area contributed by atoms with Crippen LogP contribution in [0.15, 0.2) is 23.4 Å². The molecule has 0 heterocycles. The minimum absolute atomic E-state index is 0.184. The number of ether oxygens (including phenoxy) is 4. The number of hydrogen-bond donors (Lipinski definition) is 0. The Balaban J connectivity index is 2.76. The molecule has 0 aliphatic heterocycles. The van der Waals surface area contributed by atoms with E-state index in [0.717, 1.165) is 12.8 Å². The molecule has 0 aliphatic rings. The fraction of sp³-hybridized carbons (Fsp3) is 0.455. The van der Waals surface area contributed by atoms with Crippen molar-refractivity contribution in [3.8, 4) is 23.0 Å². The number of carbonyl (C=O) groups excluding carboxylic acids is 1. The van der Waals surface area contributed by atoms with E-state index < -0.39 is 5.97 Å². The van der Waals surface area contributed by atoms with Crippen LogP contribution in [0.2, 0.25) is 0 Å². The predicted molar refractivity (Wildman–Crippen MR) is 114 cm³/mol. The van der Waals surface area contributed by atoms with Crippen LogP contribution in [0.3, 0.4) is 0 Å². The largest absolute Gasteiger partial charge is 0.496 e. The Morgan fingerprint density at radius 1 is 0.900 bits per heavy atom. The van der Waals surface area contributed by atoms with Crippen LogP contribution in [-0.2, 0) is 14.7 Å². The van der Waals surface area contributed by atoms with Crippen LogP contribution in [0.5, 0.6) is 23.0 Å². The van der Waals surface area contributed by atoms with Crippen molar-refractivity contribution in [2.45, 2.75) is 39.5 Å². The Hall–Kier alpha value is -3.16. The molecule has 0 saturated carbocycles. The second kappa shape index (κ2) is 11.1. The van der Waals surface area contributed by atoms with Crippen molar-refractivity contribution in [2.75, 3.05) is 28.4 Å². The maximum atomic E-state index is 11.4. The summed E-state index contributed by atoms with van der Waals surface area (Å²) in [5.41, 5.74) is 1.21. The summed E-state index contributed by atoms with van der Waals surface area (Å²) in [4.78, 5) is 21.0. The number of benzene rings is 2. The molecular formula is C22H29NO7. The summed E-state index contributed by atoms with van der Waals surface area (Å²) >= 11 is 0. The first kappa shape index (κ1) is 23.1. The third-order valence-corrected chi connectivity index (χ3v) is 4.63. The van der Waals surface area contributed by atoms with Crippen LogP contribution >= 0.6 is 0 Å². The fourth-order valence-corrected chi connectivity index (χ4v) is 3.10. The van der Waals surface area contributed by atoms with Crippen molar-refractivity contribution >= 4 is 22.5 Å².